The number of para-hydroxylation sites is 4. The molecule has 3 aromatic heterocycles. The summed E-state index contributed by atoms with van der Waals surface area (Å²) in [6, 6.07) is 81.3. The number of nitrogens with one attached hydrogen (secondary N) is 2. The molecular weight excluding hydrogens is 739 g/mol. The first-order chi connectivity index (χ1) is 30.3. The maximum Gasteiger partial charge on any atom is 0.0546 e. The number of nitrogens with zero attached hydrogens (tertiary/aromatic N) is 1. The van der Waals surface area contributed by atoms with Crippen molar-refractivity contribution in [3.05, 3.63) is 224 Å². The Balaban J connectivity index is 1.01. The largest absolute Gasteiger partial charge is 0.354 e. The molecule has 3 nitrogen and oxygen atoms in total. The Kier molecular flexibility index (Phi) is 8.17. The normalized spacial score (nSPS) is 11.6. The zero-order chi connectivity index (χ0) is 40.3. The third kappa shape index (κ3) is 5.82. The lowest BCUT2D eigenvalue weighted by Gasteiger charge is -2.17. The molecule has 61 heavy (non-hydrogen) atoms. The van der Waals surface area contributed by atoms with E-state index in [0.29, 0.717) is 0 Å². The molecule has 12 rings (SSSR count). The molecule has 0 fully saturated rings. The SMILES string of the molecule is c1ccc(-c2[nH]c3ccccc3c2-c2ccc(-c3ccc(-c4ccc(-c5c(-c6ccccc6)[nH]c6ccccc56)cc4)c(-n4c5ccccc5c5ccccc54)c3)cc2)cc1. The van der Waals surface area contributed by atoms with Crippen molar-refractivity contribution in [2.24, 2.45) is 0 Å². The van der Waals surface area contributed by atoms with Crippen LogP contribution in [0.1, 0.15) is 0 Å². The van der Waals surface area contributed by atoms with E-state index >= 15 is 0 Å². The fraction of sp³-hybridized carbons (Fsp3) is 0. The molecule has 3 heterocycles. The van der Waals surface area contributed by atoms with E-state index in [9.17, 15) is 0 Å². The van der Waals surface area contributed by atoms with Crippen LogP contribution in [-0.2, 0) is 0 Å². The van der Waals surface area contributed by atoms with Gasteiger partial charge in [0.05, 0.1) is 28.1 Å². The molecule has 286 valence electrons. The summed E-state index contributed by atoms with van der Waals surface area (Å²) in [6.07, 6.45) is 0. The Morgan fingerprint density at radius 2 is 0.672 bits per heavy atom. The second-order valence-corrected chi connectivity index (χ2v) is 15.8. The van der Waals surface area contributed by atoms with Gasteiger partial charge in [0.1, 0.15) is 0 Å². The van der Waals surface area contributed by atoms with Crippen molar-refractivity contribution in [1.29, 1.82) is 0 Å². The minimum atomic E-state index is 1.13. The first-order valence-electron chi connectivity index (χ1n) is 20.9. The van der Waals surface area contributed by atoms with Crippen LogP contribution in [0.25, 0.3) is 116 Å². The van der Waals surface area contributed by atoms with E-state index < -0.39 is 0 Å². The van der Waals surface area contributed by atoms with Crippen LogP contribution in [-0.4, -0.2) is 14.5 Å². The van der Waals surface area contributed by atoms with Gasteiger partial charge >= 0.3 is 0 Å². The number of H-pyrrole nitrogens is 2. The van der Waals surface area contributed by atoms with Crippen LogP contribution < -0.4 is 0 Å². The number of benzene rings is 9. The third-order valence-electron chi connectivity index (χ3n) is 12.3. The number of fused-ring (bicyclic) bond motifs is 5. The van der Waals surface area contributed by atoms with Crippen LogP contribution in [0.4, 0.5) is 0 Å². The van der Waals surface area contributed by atoms with Gasteiger partial charge in [-0.15, -0.1) is 0 Å². The molecule has 0 aliphatic carbocycles. The molecule has 0 atom stereocenters. The van der Waals surface area contributed by atoms with Crippen LogP contribution in [0.5, 0.6) is 0 Å². The maximum absolute atomic E-state index is 3.73. The Hall–Kier alpha value is -8.14. The number of aromatic amines is 2. The zero-order valence-corrected chi connectivity index (χ0v) is 33.3. The van der Waals surface area contributed by atoms with Gasteiger partial charge in [-0.2, -0.15) is 0 Å². The smallest absolute Gasteiger partial charge is 0.0546 e. The first kappa shape index (κ1) is 34.9. The predicted molar refractivity (Wildman–Crippen MR) is 257 cm³/mol. The molecule has 0 bridgehead atoms. The second-order valence-electron chi connectivity index (χ2n) is 15.8. The van der Waals surface area contributed by atoms with Gasteiger partial charge in [0.15, 0.2) is 0 Å². The topological polar surface area (TPSA) is 36.5 Å². The van der Waals surface area contributed by atoms with Gasteiger partial charge in [-0.3, -0.25) is 0 Å². The van der Waals surface area contributed by atoms with Gasteiger partial charge in [-0.1, -0.05) is 194 Å². The van der Waals surface area contributed by atoms with Crippen molar-refractivity contribution in [2.75, 3.05) is 0 Å². The molecule has 0 saturated heterocycles. The lowest BCUT2D eigenvalue weighted by atomic mass is 9.93. The third-order valence-corrected chi connectivity index (χ3v) is 12.3. The summed E-state index contributed by atoms with van der Waals surface area (Å²) in [6.45, 7) is 0. The molecule has 0 aliphatic rings. The molecular formula is C58H39N3. The Morgan fingerprint density at radius 3 is 1.18 bits per heavy atom. The van der Waals surface area contributed by atoms with E-state index in [4.69, 9.17) is 0 Å². The summed E-state index contributed by atoms with van der Waals surface area (Å²) in [7, 11) is 0. The molecule has 12 aromatic rings. The average molecular weight is 778 g/mol. The van der Waals surface area contributed by atoms with Crippen LogP contribution >= 0.6 is 0 Å². The van der Waals surface area contributed by atoms with Gasteiger partial charge in [-0.05, 0) is 69.3 Å². The highest BCUT2D eigenvalue weighted by molar-refractivity contribution is 6.10. The predicted octanol–water partition coefficient (Wildman–Crippen LogP) is 15.7. The highest BCUT2D eigenvalue weighted by atomic mass is 15.0. The fourth-order valence-corrected chi connectivity index (χ4v) is 9.49. The lowest BCUT2D eigenvalue weighted by molar-refractivity contribution is 1.18. The van der Waals surface area contributed by atoms with Crippen LogP contribution in [0, 0.1) is 0 Å². The van der Waals surface area contributed by atoms with Gasteiger partial charge in [-0.25, -0.2) is 0 Å². The monoisotopic (exact) mass is 777 g/mol. The van der Waals surface area contributed by atoms with E-state index in [-0.39, 0.29) is 0 Å². The highest BCUT2D eigenvalue weighted by Gasteiger charge is 2.20. The minimum Gasteiger partial charge on any atom is -0.354 e. The molecule has 0 unspecified atom stereocenters. The van der Waals surface area contributed by atoms with Crippen molar-refractivity contribution in [2.45, 2.75) is 0 Å². The molecule has 0 spiro atoms. The van der Waals surface area contributed by atoms with Crippen molar-refractivity contribution >= 4 is 43.6 Å². The highest BCUT2D eigenvalue weighted by Crippen LogP contribution is 2.43. The number of aromatic nitrogens is 3. The number of hydrogen-bond acceptors (Lipinski definition) is 0. The number of hydrogen-bond donors (Lipinski definition) is 2. The van der Waals surface area contributed by atoms with E-state index in [1.165, 1.54) is 77.1 Å². The Labute approximate surface area is 353 Å². The molecule has 0 saturated carbocycles. The minimum absolute atomic E-state index is 1.13. The van der Waals surface area contributed by atoms with Crippen LogP contribution in [0.2, 0.25) is 0 Å². The molecule has 2 N–H and O–H groups in total. The Morgan fingerprint density at radius 1 is 0.279 bits per heavy atom. The molecule has 3 heteroatoms. The molecule has 0 amide bonds. The summed E-state index contributed by atoms with van der Waals surface area (Å²) < 4.78 is 2.46. The second kappa shape index (κ2) is 14.3. The van der Waals surface area contributed by atoms with E-state index in [2.05, 4.69) is 239 Å². The Bertz CT molecular complexity index is 3500. The number of rotatable bonds is 7. The summed E-state index contributed by atoms with van der Waals surface area (Å²) in [5.74, 6) is 0. The summed E-state index contributed by atoms with van der Waals surface area (Å²) in [4.78, 5) is 7.46. The first-order valence-corrected chi connectivity index (χ1v) is 20.9. The van der Waals surface area contributed by atoms with Crippen molar-refractivity contribution in [3.63, 3.8) is 0 Å². The standard InChI is InChI=1S/C58H39N3/c1-3-15-42(16-4-1)57-55(48-21-7-11-23-50(48)59-57)40-31-27-38(28-32-40)44-35-36-45(54(37-44)61-52-25-13-9-19-46(52)47-20-10-14-26-53(47)61)39-29-33-41(34-30-39)56-49-22-8-12-24-51(49)60-58(56)43-17-5-2-6-18-43/h1-37,59-60H. The molecule has 9 aromatic carbocycles. The van der Waals surface area contributed by atoms with Crippen molar-refractivity contribution in [1.82, 2.24) is 14.5 Å². The van der Waals surface area contributed by atoms with E-state index in [1.807, 2.05) is 0 Å². The zero-order valence-electron chi connectivity index (χ0n) is 33.3. The fourth-order valence-electron chi connectivity index (χ4n) is 9.49. The molecule has 0 aliphatic heterocycles. The van der Waals surface area contributed by atoms with Gasteiger partial charge in [0.25, 0.3) is 0 Å². The lowest BCUT2D eigenvalue weighted by Crippen LogP contribution is -1.98. The van der Waals surface area contributed by atoms with Crippen molar-refractivity contribution < 1.29 is 0 Å². The summed E-state index contributed by atoms with van der Waals surface area (Å²) >= 11 is 0. The average Bonchev–Trinajstić information content (AvgIpc) is 4.03. The molecule has 0 radical (unpaired) electrons. The summed E-state index contributed by atoms with van der Waals surface area (Å²) in [5.41, 5.74) is 19.9. The van der Waals surface area contributed by atoms with Gasteiger partial charge in [0, 0.05) is 49.3 Å². The van der Waals surface area contributed by atoms with E-state index in [0.717, 1.165) is 39.2 Å². The maximum atomic E-state index is 3.73. The quantitative estimate of drug-likeness (QED) is 0.162. The van der Waals surface area contributed by atoms with Crippen LogP contribution in [0.3, 0.4) is 0 Å². The van der Waals surface area contributed by atoms with Gasteiger partial charge in [0.2, 0.25) is 0 Å². The summed E-state index contributed by atoms with van der Waals surface area (Å²) in [5, 5.41) is 4.93. The van der Waals surface area contributed by atoms with Gasteiger partial charge < -0.3 is 14.5 Å². The van der Waals surface area contributed by atoms with E-state index in [1.54, 1.807) is 0 Å². The van der Waals surface area contributed by atoms with Crippen molar-refractivity contribution in [3.8, 4) is 72.7 Å². The van der Waals surface area contributed by atoms with Crippen LogP contribution in [0.15, 0.2) is 224 Å².